The van der Waals surface area contributed by atoms with Gasteiger partial charge in [0.15, 0.2) is 0 Å². The predicted octanol–water partition coefficient (Wildman–Crippen LogP) is 3.07. The summed E-state index contributed by atoms with van der Waals surface area (Å²) < 4.78 is 0. The minimum Gasteiger partial charge on any atom is -0.323 e. The van der Waals surface area contributed by atoms with E-state index in [0.717, 1.165) is 25.7 Å². The maximum Gasteiger partial charge on any atom is 0.325 e. The van der Waals surface area contributed by atoms with Crippen LogP contribution in [0.5, 0.6) is 0 Å². The monoisotopic (exact) mass is 278 g/mol. The summed E-state index contributed by atoms with van der Waals surface area (Å²) in [5.74, 6) is 1.26. The van der Waals surface area contributed by atoms with Crippen molar-refractivity contribution in [1.29, 1.82) is 0 Å². The van der Waals surface area contributed by atoms with E-state index < -0.39 is 5.54 Å². The number of amides is 3. The molecule has 3 aliphatic rings. The number of nitrogens with one attached hydrogen (secondary N) is 1. The van der Waals surface area contributed by atoms with Gasteiger partial charge in [0.05, 0.1) is 0 Å². The predicted molar refractivity (Wildman–Crippen MR) is 77.2 cm³/mol. The van der Waals surface area contributed by atoms with Crippen LogP contribution >= 0.6 is 0 Å². The van der Waals surface area contributed by atoms with Crippen molar-refractivity contribution in [3.8, 4) is 0 Å². The first-order valence-corrected chi connectivity index (χ1v) is 8.25. The van der Waals surface area contributed by atoms with Crippen LogP contribution in [0.4, 0.5) is 4.79 Å². The molecule has 0 atom stereocenters. The Morgan fingerprint density at radius 1 is 1.10 bits per heavy atom. The van der Waals surface area contributed by atoms with E-state index >= 15 is 0 Å². The quantitative estimate of drug-likeness (QED) is 0.789. The first kappa shape index (κ1) is 13.9. The van der Waals surface area contributed by atoms with Crippen LogP contribution < -0.4 is 5.32 Å². The molecule has 1 spiro atoms. The minimum atomic E-state index is -0.557. The van der Waals surface area contributed by atoms with Gasteiger partial charge in [-0.3, -0.25) is 9.69 Å². The average molecular weight is 278 g/mol. The van der Waals surface area contributed by atoms with Crippen LogP contribution in [0.25, 0.3) is 0 Å². The first-order chi connectivity index (χ1) is 9.61. The van der Waals surface area contributed by atoms with Crippen LogP contribution in [0.3, 0.4) is 0 Å². The third-order valence-electron chi connectivity index (χ3n) is 5.54. The Bertz CT molecular complexity index is 393. The highest BCUT2D eigenvalue weighted by atomic mass is 16.2. The van der Waals surface area contributed by atoms with Crippen molar-refractivity contribution in [2.45, 2.75) is 70.3 Å². The standard InChI is InChI=1S/C16H26N2O2/c1-12-7-9-16(10-8-12)14(19)18(15(20)17-16)11-13-5-3-2-4-6-13/h12-13H,2-11H2,1H3,(H,17,20). The van der Waals surface area contributed by atoms with E-state index in [-0.39, 0.29) is 11.9 Å². The number of rotatable bonds is 2. The number of hydrogen-bond acceptors (Lipinski definition) is 2. The zero-order valence-corrected chi connectivity index (χ0v) is 12.5. The molecule has 3 amide bonds. The lowest BCUT2D eigenvalue weighted by atomic mass is 9.77. The van der Waals surface area contributed by atoms with Crippen LogP contribution in [0.1, 0.15) is 64.7 Å². The molecule has 4 heteroatoms. The van der Waals surface area contributed by atoms with E-state index in [1.54, 1.807) is 0 Å². The fraction of sp³-hybridized carbons (Fsp3) is 0.875. The van der Waals surface area contributed by atoms with Gasteiger partial charge in [0.2, 0.25) is 0 Å². The highest BCUT2D eigenvalue weighted by Gasteiger charge is 2.52. The summed E-state index contributed by atoms with van der Waals surface area (Å²) >= 11 is 0. The molecule has 1 saturated heterocycles. The molecule has 0 bridgehead atoms. The van der Waals surface area contributed by atoms with Crippen molar-refractivity contribution in [3.05, 3.63) is 0 Å². The molecular weight excluding hydrogens is 252 g/mol. The second-order valence-electron chi connectivity index (χ2n) is 7.11. The van der Waals surface area contributed by atoms with Gasteiger partial charge in [-0.2, -0.15) is 0 Å². The second kappa shape index (κ2) is 5.38. The molecule has 0 aromatic heterocycles. The van der Waals surface area contributed by atoms with Crippen molar-refractivity contribution >= 4 is 11.9 Å². The van der Waals surface area contributed by atoms with Crippen LogP contribution in [0.15, 0.2) is 0 Å². The molecule has 2 aliphatic carbocycles. The lowest BCUT2D eigenvalue weighted by molar-refractivity contribution is -0.133. The van der Waals surface area contributed by atoms with E-state index in [0.29, 0.717) is 18.4 Å². The summed E-state index contributed by atoms with van der Waals surface area (Å²) in [6, 6.07) is -0.143. The zero-order valence-electron chi connectivity index (χ0n) is 12.5. The highest BCUT2D eigenvalue weighted by Crippen LogP contribution is 2.37. The number of carbonyl (C=O) groups excluding carboxylic acids is 2. The van der Waals surface area contributed by atoms with E-state index in [1.165, 1.54) is 37.0 Å². The molecule has 0 unspecified atom stereocenters. The molecule has 4 nitrogen and oxygen atoms in total. The summed E-state index contributed by atoms with van der Waals surface area (Å²) in [4.78, 5) is 26.4. The molecular formula is C16H26N2O2. The number of urea groups is 1. The second-order valence-corrected chi connectivity index (χ2v) is 7.11. The van der Waals surface area contributed by atoms with Gasteiger partial charge in [-0.25, -0.2) is 4.79 Å². The Balaban J connectivity index is 1.67. The van der Waals surface area contributed by atoms with Crippen LogP contribution in [-0.2, 0) is 4.79 Å². The minimum absolute atomic E-state index is 0.0555. The molecule has 0 aromatic carbocycles. The summed E-state index contributed by atoms with van der Waals surface area (Å²) in [5.41, 5.74) is -0.557. The molecule has 3 fully saturated rings. The van der Waals surface area contributed by atoms with Crippen LogP contribution in [-0.4, -0.2) is 28.9 Å². The molecule has 20 heavy (non-hydrogen) atoms. The number of imide groups is 1. The van der Waals surface area contributed by atoms with Gasteiger partial charge < -0.3 is 5.32 Å². The van der Waals surface area contributed by atoms with E-state index in [2.05, 4.69) is 12.2 Å². The fourth-order valence-corrected chi connectivity index (χ4v) is 4.06. The SMILES string of the molecule is CC1CCC2(CC1)NC(=O)N(CC1CCCCC1)C2=O. The van der Waals surface area contributed by atoms with Crippen molar-refractivity contribution in [2.75, 3.05) is 6.54 Å². The van der Waals surface area contributed by atoms with Gasteiger partial charge in [-0.1, -0.05) is 26.2 Å². The van der Waals surface area contributed by atoms with E-state index in [1.807, 2.05) is 0 Å². The van der Waals surface area contributed by atoms with Crippen LogP contribution in [0.2, 0.25) is 0 Å². The summed E-state index contributed by atoms with van der Waals surface area (Å²) in [7, 11) is 0. The molecule has 3 rings (SSSR count). The lowest BCUT2D eigenvalue weighted by Crippen LogP contribution is -2.49. The maximum atomic E-state index is 12.7. The third-order valence-corrected chi connectivity index (χ3v) is 5.54. The largest absolute Gasteiger partial charge is 0.325 e. The van der Waals surface area contributed by atoms with Crippen molar-refractivity contribution in [3.63, 3.8) is 0 Å². The highest BCUT2D eigenvalue weighted by molar-refractivity contribution is 6.07. The lowest BCUT2D eigenvalue weighted by Gasteiger charge is -2.34. The normalized spacial score (nSPS) is 35.6. The van der Waals surface area contributed by atoms with Crippen molar-refractivity contribution in [2.24, 2.45) is 11.8 Å². The van der Waals surface area contributed by atoms with Crippen molar-refractivity contribution < 1.29 is 9.59 Å². The number of nitrogens with zero attached hydrogens (tertiary/aromatic N) is 1. The maximum absolute atomic E-state index is 12.7. The number of hydrogen-bond donors (Lipinski definition) is 1. The molecule has 1 aliphatic heterocycles. The Kier molecular flexibility index (Phi) is 3.74. The van der Waals surface area contributed by atoms with E-state index in [9.17, 15) is 9.59 Å². The Morgan fingerprint density at radius 2 is 1.75 bits per heavy atom. The van der Waals surface area contributed by atoms with Gasteiger partial charge in [0, 0.05) is 6.54 Å². The van der Waals surface area contributed by atoms with Crippen molar-refractivity contribution in [1.82, 2.24) is 10.2 Å². The smallest absolute Gasteiger partial charge is 0.323 e. The van der Waals surface area contributed by atoms with Crippen LogP contribution in [0, 0.1) is 11.8 Å². The average Bonchev–Trinajstić information content (AvgIpc) is 2.68. The van der Waals surface area contributed by atoms with E-state index in [4.69, 9.17) is 0 Å². The Hall–Kier alpha value is -1.06. The summed E-state index contributed by atoms with van der Waals surface area (Å²) in [6.07, 6.45) is 9.86. The fourth-order valence-electron chi connectivity index (χ4n) is 4.06. The Morgan fingerprint density at radius 3 is 2.40 bits per heavy atom. The van der Waals surface area contributed by atoms with Gasteiger partial charge >= 0.3 is 6.03 Å². The summed E-state index contributed by atoms with van der Waals surface area (Å²) in [6.45, 7) is 2.87. The molecule has 2 saturated carbocycles. The van der Waals surface area contributed by atoms with Gasteiger partial charge in [-0.15, -0.1) is 0 Å². The molecule has 0 radical (unpaired) electrons. The van der Waals surface area contributed by atoms with Gasteiger partial charge in [0.1, 0.15) is 5.54 Å². The molecule has 1 heterocycles. The molecule has 1 N–H and O–H groups in total. The molecule has 0 aromatic rings. The zero-order chi connectivity index (χ0) is 14.2. The summed E-state index contributed by atoms with van der Waals surface area (Å²) in [5, 5.41) is 3.02. The Labute approximate surface area is 121 Å². The third kappa shape index (κ3) is 2.45. The first-order valence-electron chi connectivity index (χ1n) is 8.25. The topological polar surface area (TPSA) is 49.4 Å². The number of carbonyl (C=O) groups is 2. The van der Waals surface area contributed by atoms with Gasteiger partial charge in [0.25, 0.3) is 5.91 Å². The molecule has 112 valence electrons. The van der Waals surface area contributed by atoms with Gasteiger partial charge in [-0.05, 0) is 50.4 Å².